The predicted molar refractivity (Wildman–Crippen MR) is 122 cm³/mol. The lowest BCUT2D eigenvalue weighted by Gasteiger charge is -2.25. The number of fused-ring (bicyclic) bond motifs is 1. The normalized spacial score (nSPS) is 14.6. The van der Waals surface area contributed by atoms with E-state index in [1.54, 1.807) is 11.3 Å². The van der Waals surface area contributed by atoms with Gasteiger partial charge in [-0.1, -0.05) is 60.7 Å². The van der Waals surface area contributed by atoms with E-state index >= 15 is 0 Å². The van der Waals surface area contributed by atoms with Crippen molar-refractivity contribution in [1.29, 1.82) is 0 Å². The summed E-state index contributed by atoms with van der Waals surface area (Å²) in [6.07, 6.45) is 2.85. The molecule has 5 rings (SSSR count). The molecule has 4 aromatic rings. The van der Waals surface area contributed by atoms with E-state index in [2.05, 4.69) is 50.0 Å². The molecule has 2 aromatic carbocycles. The molecule has 1 N–H and O–H groups in total. The number of hydrogen-bond acceptors (Lipinski definition) is 7. The summed E-state index contributed by atoms with van der Waals surface area (Å²) in [6, 6.07) is 19.8. The second kappa shape index (κ2) is 9.37. The van der Waals surface area contributed by atoms with Crippen LogP contribution in [0.4, 0.5) is 5.13 Å². The monoisotopic (exact) mass is 445 g/mol. The molecule has 0 bridgehead atoms. The quantitative estimate of drug-likeness (QED) is 0.470. The van der Waals surface area contributed by atoms with Crippen molar-refractivity contribution in [1.82, 2.24) is 30.1 Å². The van der Waals surface area contributed by atoms with Gasteiger partial charge in [-0.2, -0.15) is 0 Å². The van der Waals surface area contributed by atoms with Gasteiger partial charge in [-0.3, -0.25) is 9.69 Å². The largest absolute Gasteiger partial charge is 0.300 e. The molecule has 1 aliphatic heterocycles. The Kier molecular flexibility index (Phi) is 6.00. The first kappa shape index (κ1) is 20.5. The van der Waals surface area contributed by atoms with Crippen molar-refractivity contribution in [2.24, 2.45) is 0 Å². The first-order valence-corrected chi connectivity index (χ1v) is 11.4. The van der Waals surface area contributed by atoms with Crippen LogP contribution in [0.25, 0.3) is 0 Å². The molecule has 2 aromatic heterocycles. The third kappa shape index (κ3) is 4.74. The van der Waals surface area contributed by atoms with Gasteiger partial charge in [0.1, 0.15) is 12.4 Å². The summed E-state index contributed by atoms with van der Waals surface area (Å²) in [7, 11) is 0. The summed E-state index contributed by atoms with van der Waals surface area (Å²) >= 11 is 1.55. The third-order valence-electron chi connectivity index (χ3n) is 5.55. The topological polar surface area (TPSA) is 88.8 Å². The summed E-state index contributed by atoms with van der Waals surface area (Å²) in [5, 5.41) is 15.0. The molecule has 0 fully saturated rings. The highest BCUT2D eigenvalue weighted by molar-refractivity contribution is 7.15. The lowest BCUT2D eigenvalue weighted by atomic mass is 10.1. The van der Waals surface area contributed by atoms with E-state index < -0.39 is 6.04 Å². The van der Waals surface area contributed by atoms with E-state index in [1.807, 2.05) is 36.4 Å². The van der Waals surface area contributed by atoms with Crippen molar-refractivity contribution >= 4 is 22.4 Å². The van der Waals surface area contributed by atoms with Crippen LogP contribution in [-0.4, -0.2) is 42.5 Å². The van der Waals surface area contributed by atoms with Gasteiger partial charge in [-0.05, 0) is 21.6 Å². The minimum Gasteiger partial charge on any atom is -0.300 e. The maximum absolute atomic E-state index is 13.2. The van der Waals surface area contributed by atoms with Gasteiger partial charge in [-0.15, -0.1) is 16.4 Å². The molecule has 0 aliphatic carbocycles. The van der Waals surface area contributed by atoms with E-state index in [1.165, 1.54) is 21.4 Å². The second-order valence-corrected chi connectivity index (χ2v) is 8.90. The van der Waals surface area contributed by atoms with Gasteiger partial charge in [-0.25, -0.2) is 9.67 Å². The molecule has 9 heteroatoms. The maximum Gasteiger partial charge on any atom is 0.251 e. The van der Waals surface area contributed by atoms with E-state index in [-0.39, 0.29) is 5.91 Å². The molecule has 0 saturated carbocycles. The number of carbonyl (C=O) groups is 1. The van der Waals surface area contributed by atoms with Gasteiger partial charge in [0.25, 0.3) is 5.91 Å². The number of nitrogens with zero attached hydrogens (tertiary/aromatic N) is 6. The highest BCUT2D eigenvalue weighted by Crippen LogP contribution is 2.29. The molecule has 1 amide bonds. The van der Waals surface area contributed by atoms with Gasteiger partial charge in [0, 0.05) is 37.4 Å². The molecular formula is C23H23N7OS. The second-order valence-electron chi connectivity index (χ2n) is 7.82. The number of hydrogen-bond donors (Lipinski definition) is 1. The fourth-order valence-corrected chi connectivity index (χ4v) is 4.98. The summed E-state index contributed by atoms with van der Waals surface area (Å²) in [4.78, 5) is 21.5. The van der Waals surface area contributed by atoms with Crippen LogP contribution in [0.15, 0.2) is 67.0 Å². The lowest BCUT2D eigenvalue weighted by Crippen LogP contribution is -2.29. The number of nitrogens with one attached hydrogen (secondary N) is 1. The molecule has 32 heavy (non-hydrogen) atoms. The van der Waals surface area contributed by atoms with Crippen LogP contribution < -0.4 is 5.32 Å². The maximum atomic E-state index is 13.2. The van der Waals surface area contributed by atoms with Crippen molar-refractivity contribution in [2.45, 2.75) is 32.0 Å². The number of benzene rings is 2. The van der Waals surface area contributed by atoms with Crippen LogP contribution in [0.1, 0.15) is 27.7 Å². The zero-order valence-electron chi connectivity index (χ0n) is 17.5. The third-order valence-corrected chi connectivity index (χ3v) is 6.55. The zero-order valence-corrected chi connectivity index (χ0v) is 18.3. The SMILES string of the molecule is O=C(Nc1nc2c(s1)CN(Cc1ccccc1)CC2)C(Cc1ccccc1)n1cnnn1. The fraction of sp³-hybridized carbons (Fsp3) is 0.261. The Morgan fingerprint density at radius 2 is 1.81 bits per heavy atom. The predicted octanol–water partition coefficient (Wildman–Crippen LogP) is 3.11. The number of thiazole rings is 1. The number of rotatable bonds is 7. The van der Waals surface area contributed by atoms with E-state index in [0.29, 0.717) is 11.6 Å². The molecule has 1 atom stereocenters. The van der Waals surface area contributed by atoms with Gasteiger partial charge in [0.15, 0.2) is 5.13 Å². The van der Waals surface area contributed by atoms with Gasteiger partial charge >= 0.3 is 0 Å². The van der Waals surface area contributed by atoms with Crippen molar-refractivity contribution in [2.75, 3.05) is 11.9 Å². The Balaban J connectivity index is 1.28. The van der Waals surface area contributed by atoms with Crippen molar-refractivity contribution in [3.63, 3.8) is 0 Å². The van der Waals surface area contributed by atoms with Crippen LogP contribution in [0, 0.1) is 0 Å². The number of tetrazole rings is 1. The number of carbonyl (C=O) groups excluding carboxylic acids is 1. The molecule has 0 radical (unpaired) electrons. The first-order chi connectivity index (χ1) is 15.7. The van der Waals surface area contributed by atoms with Crippen LogP contribution in [-0.2, 0) is 30.7 Å². The number of aromatic nitrogens is 5. The average molecular weight is 446 g/mol. The number of anilines is 1. The average Bonchev–Trinajstić information content (AvgIpc) is 3.48. The van der Waals surface area contributed by atoms with E-state index in [9.17, 15) is 4.79 Å². The van der Waals surface area contributed by atoms with E-state index in [0.717, 1.165) is 37.3 Å². The Hall–Kier alpha value is -3.43. The van der Waals surface area contributed by atoms with Crippen LogP contribution in [0.2, 0.25) is 0 Å². The molecule has 0 saturated heterocycles. The molecule has 8 nitrogen and oxygen atoms in total. The Morgan fingerprint density at radius 1 is 1.06 bits per heavy atom. The van der Waals surface area contributed by atoms with Crippen molar-refractivity contribution in [3.05, 3.63) is 88.7 Å². The first-order valence-electron chi connectivity index (χ1n) is 10.6. The Morgan fingerprint density at radius 3 is 2.53 bits per heavy atom. The van der Waals surface area contributed by atoms with Crippen LogP contribution in [0.3, 0.4) is 0 Å². The smallest absolute Gasteiger partial charge is 0.251 e. The summed E-state index contributed by atoms with van der Waals surface area (Å²) in [5.74, 6) is -0.173. The molecule has 1 aliphatic rings. The highest BCUT2D eigenvalue weighted by Gasteiger charge is 2.26. The summed E-state index contributed by atoms with van der Waals surface area (Å²) < 4.78 is 1.50. The zero-order chi connectivity index (χ0) is 21.8. The van der Waals surface area contributed by atoms with Gasteiger partial charge in [0.2, 0.25) is 0 Å². The highest BCUT2D eigenvalue weighted by atomic mass is 32.1. The lowest BCUT2D eigenvalue weighted by molar-refractivity contribution is -0.119. The van der Waals surface area contributed by atoms with Crippen LogP contribution in [0.5, 0.6) is 0 Å². The Bertz CT molecular complexity index is 1160. The molecule has 1 unspecified atom stereocenters. The van der Waals surface area contributed by atoms with Gasteiger partial charge < -0.3 is 5.32 Å². The van der Waals surface area contributed by atoms with Crippen molar-refractivity contribution in [3.8, 4) is 0 Å². The van der Waals surface area contributed by atoms with E-state index in [4.69, 9.17) is 4.98 Å². The molecule has 162 valence electrons. The van der Waals surface area contributed by atoms with Gasteiger partial charge in [0.05, 0.1) is 5.69 Å². The molecular weight excluding hydrogens is 422 g/mol. The Labute approximate surface area is 189 Å². The molecule has 3 heterocycles. The standard InChI is InChI=1S/C23H23N7OS/c31-22(20(30-16-24-27-28-30)13-17-7-3-1-4-8-17)26-23-25-19-11-12-29(15-21(19)32-23)14-18-9-5-2-6-10-18/h1-10,16,20H,11-15H2,(H,25,26,31). The number of amides is 1. The summed E-state index contributed by atoms with van der Waals surface area (Å²) in [6.45, 7) is 2.72. The minimum atomic E-state index is -0.553. The van der Waals surface area contributed by atoms with Crippen LogP contribution >= 0.6 is 11.3 Å². The fourth-order valence-electron chi connectivity index (χ4n) is 3.92. The minimum absolute atomic E-state index is 0.173. The van der Waals surface area contributed by atoms with Crippen molar-refractivity contribution < 1.29 is 4.79 Å². The molecule has 0 spiro atoms. The summed E-state index contributed by atoms with van der Waals surface area (Å²) in [5.41, 5.74) is 3.42.